The molecule has 7 nitrogen and oxygen atoms in total. The number of carbonyl (C=O) groups is 1. The van der Waals surface area contributed by atoms with E-state index in [1.165, 1.54) is 0 Å². The molecule has 106 valence electrons. The fourth-order valence-electron chi connectivity index (χ4n) is 1.42. The molecule has 0 amide bonds. The number of esters is 1. The number of nitrogens with one attached hydrogen (secondary N) is 2. The quantitative estimate of drug-likeness (QED) is 0.405. The van der Waals surface area contributed by atoms with Crippen molar-refractivity contribution < 1.29 is 9.53 Å². The summed E-state index contributed by atoms with van der Waals surface area (Å²) in [5.41, 5.74) is 2.48. The highest BCUT2D eigenvalue weighted by atomic mass is 16.5. The van der Waals surface area contributed by atoms with Crippen molar-refractivity contribution >= 4 is 17.6 Å². The first kappa shape index (κ1) is 15.2. The predicted octanol–water partition coefficient (Wildman–Crippen LogP) is 1.25. The second-order valence-corrected chi connectivity index (χ2v) is 4.41. The summed E-state index contributed by atoms with van der Waals surface area (Å²) in [4.78, 5) is 20.1. The molecule has 0 aromatic carbocycles. The molecule has 0 aliphatic heterocycles. The normalized spacial score (nSPS) is 12.1. The molecule has 0 spiro atoms. The number of nitrogen functional groups attached to an aromatic ring is 1. The summed E-state index contributed by atoms with van der Waals surface area (Å²) in [5.74, 6) is 6.88. The van der Waals surface area contributed by atoms with Crippen LogP contribution in [0.3, 0.4) is 0 Å². The molecule has 0 aliphatic rings. The van der Waals surface area contributed by atoms with Gasteiger partial charge in [0.05, 0.1) is 6.61 Å². The standard InChI is InChI=1S/C12H21N5O2/c1-5-19-12(18)8(4)14-9-6-10(17-13)16-11(15-9)7(2)3/h6-8H,5,13H2,1-4H3,(H2,14,15,16,17). The first-order valence-corrected chi connectivity index (χ1v) is 6.26. The van der Waals surface area contributed by atoms with Gasteiger partial charge in [0.25, 0.3) is 0 Å². The summed E-state index contributed by atoms with van der Waals surface area (Å²) in [6.45, 7) is 7.79. The SMILES string of the molecule is CCOC(=O)C(C)Nc1cc(NN)nc(C(C)C)n1. The Bertz CT molecular complexity index is 436. The highest BCUT2D eigenvalue weighted by molar-refractivity contribution is 5.78. The molecule has 0 aliphatic carbocycles. The third-order valence-electron chi connectivity index (χ3n) is 2.41. The molecule has 7 heteroatoms. The molecule has 0 bridgehead atoms. The Balaban J connectivity index is 2.88. The van der Waals surface area contributed by atoms with E-state index in [1.54, 1.807) is 19.9 Å². The maximum absolute atomic E-state index is 11.6. The highest BCUT2D eigenvalue weighted by Crippen LogP contribution is 2.17. The lowest BCUT2D eigenvalue weighted by molar-refractivity contribution is -0.143. The lowest BCUT2D eigenvalue weighted by atomic mass is 10.2. The van der Waals surface area contributed by atoms with Gasteiger partial charge in [-0.2, -0.15) is 0 Å². The first-order chi connectivity index (χ1) is 8.97. The number of rotatable bonds is 6. The second-order valence-electron chi connectivity index (χ2n) is 4.41. The fourth-order valence-corrected chi connectivity index (χ4v) is 1.42. The summed E-state index contributed by atoms with van der Waals surface area (Å²) >= 11 is 0. The zero-order chi connectivity index (χ0) is 14.4. The molecule has 0 radical (unpaired) electrons. The number of nitrogens with zero attached hydrogens (tertiary/aromatic N) is 2. The molecule has 0 saturated carbocycles. The average Bonchev–Trinajstić information content (AvgIpc) is 2.38. The molecule has 1 atom stereocenters. The molecule has 1 aromatic heterocycles. The number of hydrogen-bond donors (Lipinski definition) is 3. The Morgan fingerprint density at radius 3 is 2.53 bits per heavy atom. The van der Waals surface area contributed by atoms with Gasteiger partial charge in [-0.05, 0) is 13.8 Å². The Labute approximate surface area is 112 Å². The van der Waals surface area contributed by atoms with Gasteiger partial charge in [0.15, 0.2) is 0 Å². The second kappa shape index (κ2) is 6.89. The minimum atomic E-state index is -0.486. The Hall–Kier alpha value is -1.89. The van der Waals surface area contributed by atoms with E-state index in [2.05, 4.69) is 20.7 Å². The lowest BCUT2D eigenvalue weighted by Gasteiger charge is -2.15. The molecule has 4 N–H and O–H groups in total. The number of anilines is 2. The molecule has 1 aromatic rings. The van der Waals surface area contributed by atoms with Gasteiger partial charge in [-0.1, -0.05) is 13.8 Å². The highest BCUT2D eigenvalue weighted by Gasteiger charge is 2.15. The van der Waals surface area contributed by atoms with E-state index in [4.69, 9.17) is 10.6 Å². The molecule has 19 heavy (non-hydrogen) atoms. The minimum Gasteiger partial charge on any atom is -0.464 e. The van der Waals surface area contributed by atoms with Crippen LogP contribution in [0.5, 0.6) is 0 Å². The van der Waals surface area contributed by atoms with Crippen LogP contribution in [0.1, 0.15) is 39.4 Å². The van der Waals surface area contributed by atoms with Crippen LogP contribution in [-0.2, 0) is 9.53 Å². The molecule has 1 unspecified atom stereocenters. The summed E-state index contributed by atoms with van der Waals surface area (Å²) in [6, 6.07) is 1.15. The smallest absolute Gasteiger partial charge is 0.328 e. The van der Waals surface area contributed by atoms with Gasteiger partial charge in [0, 0.05) is 12.0 Å². The molecule has 0 saturated heterocycles. The van der Waals surface area contributed by atoms with E-state index in [0.29, 0.717) is 24.1 Å². The first-order valence-electron chi connectivity index (χ1n) is 6.26. The third-order valence-corrected chi connectivity index (χ3v) is 2.41. The van der Waals surface area contributed by atoms with Crippen molar-refractivity contribution in [2.45, 2.75) is 39.7 Å². The molecule has 0 fully saturated rings. The van der Waals surface area contributed by atoms with Crippen molar-refractivity contribution in [3.8, 4) is 0 Å². The van der Waals surface area contributed by atoms with Gasteiger partial charge in [0.1, 0.15) is 23.5 Å². The fraction of sp³-hybridized carbons (Fsp3) is 0.583. The Morgan fingerprint density at radius 1 is 1.37 bits per heavy atom. The maximum atomic E-state index is 11.6. The van der Waals surface area contributed by atoms with E-state index >= 15 is 0 Å². The zero-order valence-electron chi connectivity index (χ0n) is 11.7. The Kier molecular flexibility index (Phi) is 5.50. The van der Waals surface area contributed by atoms with Crippen LogP contribution in [0.4, 0.5) is 11.6 Å². The van der Waals surface area contributed by atoms with Crippen molar-refractivity contribution in [3.63, 3.8) is 0 Å². The summed E-state index contributed by atoms with van der Waals surface area (Å²) in [5, 5.41) is 2.98. The van der Waals surface area contributed by atoms with Crippen molar-refractivity contribution in [3.05, 3.63) is 11.9 Å². The lowest BCUT2D eigenvalue weighted by Crippen LogP contribution is -2.29. The van der Waals surface area contributed by atoms with E-state index in [1.807, 2.05) is 13.8 Å². The van der Waals surface area contributed by atoms with Gasteiger partial charge in [0.2, 0.25) is 0 Å². The van der Waals surface area contributed by atoms with Crippen molar-refractivity contribution in [2.24, 2.45) is 5.84 Å². The summed E-state index contributed by atoms with van der Waals surface area (Å²) in [6.07, 6.45) is 0. The zero-order valence-corrected chi connectivity index (χ0v) is 11.7. The number of hydrogen-bond acceptors (Lipinski definition) is 7. The van der Waals surface area contributed by atoms with Crippen LogP contribution >= 0.6 is 0 Å². The van der Waals surface area contributed by atoms with Crippen molar-refractivity contribution in [1.29, 1.82) is 0 Å². The largest absolute Gasteiger partial charge is 0.464 e. The molecule has 1 heterocycles. The minimum absolute atomic E-state index is 0.159. The van der Waals surface area contributed by atoms with Crippen LogP contribution in [0, 0.1) is 0 Å². The van der Waals surface area contributed by atoms with Crippen LogP contribution < -0.4 is 16.6 Å². The molecular weight excluding hydrogens is 246 g/mol. The van der Waals surface area contributed by atoms with E-state index < -0.39 is 6.04 Å². The van der Waals surface area contributed by atoms with E-state index in [0.717, 1.165) is 0 Å². The number of aromatic nitrogens is 2. The monoisotopic (exact) mass is 267 g/mol. The summed E-state index contributed by atoms with van der Waals surface area (Å²) in [7, 11) is 0. The van der Waals surface area contributed by atoms with Crippen molar-refractivity contribution in [2.75, 3.05) is 17.3 Å². The van der Waals surface area contributed by atoms with Gasteiger partial charge >= 0.3 is 5.97 Å². The number of ether oxygens (including phenoxy) is 1. The number of nitrogens with two attached hydrogens (primary N) is 1. The van der Waals surface area contributed by atoms with Gasteiger partial charge in [-0.3, -0.25) is 0 Å². The topological polar surface area (TPSA) is 102 Å². The average molecular weight is 267 g/mol. The van der Waals surface area contributed by atoms with Gasteiger partial charge in [-0.25, -0.2) is 20.6 Å². The Morgan fingerprint density at radius 2 is 2.00 bits per heavy atom. The number of hydrazine groups is 1. The van der Waals surface area contributed by atoms with Gasteiger partial charge < -0.3 is 15.5 Å². The van der Waals surface area contributed by atoms with Crippen molar-refractivity contribution in [1.82, 2.24) is 9.97 Å². The van der Waals surface area contributed by atoms with Crippen LogP contribution in [0.2, 0.25) is 0 Å². The maximum Gasteiger partial charge on any atom is 0.328 e. The van der Waals surface area contributed by atoms with Crippen LogP contribution in [-0.4, -0.2) is 28.6 Å². The van der Waals surface area contributed by atoms with Gasteiger partial charge in [-0.15, -0.1) is 0 Å². The molecule has 1 rings (SSSR count). The number of carbonyl (C=O) groups excluding carboxylic acids is 1. The van der Waals surface area contributed by atoms with Crippen LogP contribution in [0.25, 0.3) is 0 Å². The predicted molar refractivity (Wildman–Crippen MR) is 73.6 cm³/mol. The summed E-state index contributed by atoms with van der Waals surface area (Å²) < 4.78 is 4.92. The van der Waals surface area contributed by atoms with E-state index in [9.17, 15) is 4.79 Å². The third kappa shape index (κ3) is 4.36. The van der Waals surface area contributed by atoms with Crippen LogP contribution in [0.15, 0.2) is 6.07 Å². The molecular formula is C12H21N5O2. The van der Waals surface area contributed by atoms with E-state index in [-0.39, 0.29) is 11.9 Å².